The van der Waals surface area contributed by atoms with Crippen molar-refractivity contribution in [3.63, 3.8) is 0 Å². The molecule has 0 saturated heterocycles. The van der Waals surface area contributed by atoms with Gasteiger partial charge >= 0.3 is 0 Å². The Labute approximate surface area is 110 Å². The van der Waals surface area contributed by atoms with Crippen molar-refractivity contribution in [1.29, 1.82) is 5.41 Å². The Bertz CT molecular complexity index is 340. The highest BCUT2D eigenvalue weighted by atomic mass is 32.1. The molecular weight excluding hydrogens is 230 g/mol. The Morgan fingerprint density at radius 2 is 1.82 bits per heavy atom. The van der Waals surface area contributed by atoms with Gasteiger partial charge in [0.2, 0.25) is 0 Å². The Hall–Kier alpha value is -0.800. The fourth-order valence-electron chi connectivity index (χ4n) is 1.38. The van der Waals surface area contributed by atoms with Crippen molar-refractivity contribution < 1.29 is 5.11 Å². The average Bonchev–Trinajstić information content (AvgIpc) is 2.29. The van der Waals surface area contributed by atoms with Crippen LogP contribution in [0.15, 0.2) is 34.3 Å². The van der Waals surface area contributed by atoms with Crippen molar-refractivity contribution in [2.75, 3.05) is 6.61 Å². The van der Waals surface area contributed by atoms with Gasteiger partial charge in [-0.1, -0.05) is 12.2 Å². The van der Waals surface area contributed by atoms with Gasteiger partial charge in [-0.05, 0) is 62.2 Å². The van der Waals surface area contributed by atoms with Crippen LogP contribution < -0.4 is 0 Å². The van der Waals surface area contributed by atoms with Crippen LogP contribution in [-0.4, -0.2) is 17.4 Å². The topological polar surface area (TPSA) is 44.1 Å². The first-order valence-corrected chi connectivity index (χ1v) is 6.39. The van der Waals surface area contributed by atoms with Gasteiger partial charge in [0.25, 0.3) is 0 Å². The number of allylic oxidation sites excluding steroid dienone is 5. The van der Waals surface area contributed by atoms with Gasteiger partial charge in [-0.25, -0.2) is 0 Å². The average molecular weight is 253 g/mol. The second-order valence-electron chi connectivity index (χ2n) is 4.17. The van der Waals surface area contributed by atoms with Gasteiger partial charge in [-0.2, -0.15) is 12.6 Å². The van der Waals surface area contributed by atoms with Crippen LogP contribution >= 0.6 is 12.6 Å². The fraction of sp³-hybridized carbons (Fsp3) is 0.500. The van der Waals surface area contributed by atoms with Gasteiger partial charge in [0.15, 0.2) is 0 Å². The smallest absolute Gasteiger partial charge is 0.0431 e. The summed E-state index contributed by atoms with van der Waals surface area (Å²) in [7, 11) is 0. The van der Waals surface area contributed by atoms with Crippen LogP contribution in [0.3, 0.4) is 0 Å². The van der Waals surface area contributed by atoms with Crippen molar-refractivity contribution in [1.82, 2.24) is 0 Å². The quantitative estimate of drug-likeness (QED) is 0.274. The van der Waals surface area contributed by atoms with Crippen LogP contribution in [0.2, 0.25) is 0 Å². The third-order valence-electron chi connectivity index (χ3n) is 2.69. The number of hydrogen-bond acceptors (Lipinski definition) is 3. The third-order valence-corrected chi connectivity index (χ3v) is 2.84. The molecule has 0 fully saturated rings. The Kier molecular flexibility index (Phi) is 8.82. The number of aliphatic hydroxyl groups excluding tert-OH is 1. The standard InChI is InChI=1S/C14H23NOS/c1-11(7-9-17)12(2)10-13(3)14(15)6-4-5-8-16/h7,9-10,15-17H,4-6,8H2,1-3H3/b9-7-,12-11+,13-10+,15-14?. The minimum atomic E-state index is 0.209. The molecule has 0 rings (SSSR count). The maximum Gasteiger partial charge on any atom is 0.0431 e. The molecule has 2 nitrogen and oxygen atoms in total. The first-order chi connectivity index (χ1) is 8.02. The summed E-state index contributed by atoms with van der Waals surface area (Å²) in [5.74, 6) is 0. The van der Waals surface area contributed by atoms with Gasteiger partial charge in [-0.3, -0.25) is 0 Å². The van der Waals surface area contributed by atoms with Crippen LogP contribution in [0.25, 0.3) is 0 Å². The van der Waals surface area contributed by atoms with E-state index in [0.717, 1.165) is 36.0 Å². The Balaban J connectivity index is 4.52. The van der Waals surface area contributed by atoms with E-state index in [1.807, 2.05) is 32.9 Å². The lowest BCUT2D eigenvalue weighted by Crippen LogP contribution is -1.99. The molecule has 0 atom stereocenters. The molecule has 0 saturated carbocycles. The molecule has 0 bridgehead atoms. The van der Waals surface area contributed by atoms with E-state index in [0.29, 0.717) is 5.71 Å². The zero-order valence-electron chi connectivity index (χ0n) is 11.0. The lowest BCUT2D eigenvalue weighted by atomic mass is 10.0. The minimum Gasteiger partial charge on any atom is -0.396 e. The summed E-state index contributed by atoms with van der Waals surface area (Å²) in [6, 6.07) is 0. The van der Waals surface area contributed by atoms with E-state index in [2.05, 4.69) is 12.6 Å². The second-order valence-corrected chi connectivity index (χ2v) is 4.47. The highest BCUT2D eigenvalue weighted by Gasteiger charge is 2.00. The molecule has 0 aromatic rings. The minimum absolute atomic E-state index is 0.209. The molecule has 17 heavy (non-hydrogen) atoms. The zero-order chi connectivity index (χ0) is 13.3. The molecular formula is C14H23NOS. The molecule has 0 heterocycles. The normalized spacial score (nSPS) is 14.1. The number of rotatable bonds is 7. The summed E-state index contributed by atoms with van der Waals surface area (Å²) in [4.78, 5) is 0. The number of nitrogens with one attached hydrogen (secondary N) is 1. The largest absolute Gasteiger partial charge is 0.396 e. The molecule has 0 aliphatic rings. The van der Waals surface area contributed by atoms with E-state index < -0.39 is 0 Å². The van der Waals surface area contributed by atoms with E-state index in [4.69, 9.17) is 10.5 Å². The molecule has 0 aromatic carbocycles. The number of aliphatic hydroxyl groups is 1. The van der Waals surface area contributed by atoms with Crippen LogP contribution in [0.1, 0.15) is 40.0 Å². The summed E-state index contributed by atoms with van der Waals surface area (Å²) in [6.07, 6.45) is 6.35. The van der Waals surface area contributed by atoms with E-state index in [9.17, 15) is 0 Å². The Morgan fingerprint density at radius 1 is 1.18 bits per heavy atom. The molecule has 0 unspecified atom stereocenters. The number of thiol groups is 1. The predicted molar refractivity (Wildman–Crippen MR) is 78.9 cm³/mol. The molecule has 0 radical (unpaired) electrons. The fourth-order valence-corrected chi connectivity index (χ4v) is 1.60. The van der Waals surface area contributed by atoms with Crippen molar-refractivity contribution >= 4 is 18.3 Å². The molecule has 0 aliphatic carbocycles. The molecule has 0 aliphatic heterocycles. The third kappa shape index (κ3) is 7.18. The first kappa shape index (κ1) is 16.2. The maximum absolute atomic E-state index is 8.69. The predicted octanol–water partition coefficient (Wildman–Crippen LogP) is 3.89. The monoisotopic (exact) mass is 253 g/mol. The molecule has 0 aromatic heterocycles. The lowest BCUT2D eigenvalue weighted by molar-refractivity contribution is 0.285. The van der Waals surface area contributed by atoms with Crippen molar-refractivity contribution in [3.05, 3.63) is 34.3 Å². The molecule has 0 spiro atoms. The van der Waals surface area contributed by atoms with E-state index in [1.54, 1.807) is 5.41 Å². The van der Waals surface area contributed by atoms with Crippen LogP contribution in [-0.2, 0) is 0 Å². The number of hydrogen-bond donors (Lipinski definition) is 3. The van der Waals surface area contributed by atoms with Crippen LogP contribution in [0, 0.1) is 5.41 Å². The lowest BCUT2D eigenvalue weighted by Gasteiger charge is -2.05. The van der Waals surface area contributed by atoms with Gasteiger partial charge in [-0.15, -0.1) is 0 Å². The maximum atomic E-state index is 8.69. The second kappa shape index (κ2) is 9.25. The summed E-state index contributed by atoms with van der Waals surface area (Å²) < 4.78 is 0. The number of unbranched alkanes of at least 4 members (excludes halogenated alkanes) is 1. The Morgan fingerprint density at radius 3 is 2.35 bits per heavy atom. The summed E-state index contributed by atoms with van der Waals surface area (Å²) in [6.45, 7) is 6.23. The van der Waals surface area contributed by atoms with Gasteiger partial charge in [0.1, 0.15) is 0 Å². The first-order valence-electron chi connectivity index (χ1n) is 5.88. The van der Waals surface area contributed by atoms with E-state index in [1.165, 1.54) is 0 Å². The van der Waals surface area contributed by atoms with Crippen molar-refractivity contribution in [3.8, 4) is 0 Å². The molecule has 2 N–H and O–H groups in total. The molecule has 0 amide bonds. The van der Waals surface area contributed by atoms with E-state index in [-0.39, 0.29) is 6.61 Å². The SMILES string of the molecule is C\C(=C/C(C)=C(C)/C=C\S)C(=N)CCCCO. The zero-order valence-corrected chi connectivity index (χ0v) is 11.8. The molecule has 96 valence electrons. The molecule has 3 heteroatoms. The van der Waals surface area contributed by atoms with Crippen LogP contribution in [0.4, 0.5) is 0 Å². The van der Waals surface area contributed by atoms with Gasteiger partial charge in [0.05, 0.1) is 0 Å². The highest BCUT2D eigenvalue weighted by molar-refractivity contribution is 7.83. The van der Waals surface area contributed by atoms with Crippen LogP contribution in [0.5, 0.6) is 0 Å². The van der Waals surface area contributed by atoms with Gasteiger partial charge < -0.3 is 10.5 Å². The highest BCUT2D eigenvalue weighted by Crippen LogP contribution is 2.12. The van der Waals surface area contributed by atoms with Crippen molar-refractivity contribution in [2.45, 2.75) is 40.0 Å². The van der Waals surface area contributed by atoms with Gasteiger partial charge in [0, 0.05) is 12.3 Å². The summed E-state index contributed by atoms with van der Waals surface area (Å²) in [5, 5.41) is 18.3. The van der Waals surface area contributed by atoms with E-state index >= 15 is 0 Å². The summed E-state index contributed by atoms with van der Waals surface area (Å²) >= 11 is 4.04. The van der Waals surface area contributed by atoms with Crippen molar-refractivity contribution in [2.24, 2.45) is 0 Å². The summed E-state index contributed by atoms with van der Waals surface area (Å²) in [5.41, 5.74) is 3.95.